The highest BCUT2D eigenvalue weighted by atomic mass is 32.2. The van der Waals surface area contributed by atoms with Crippen LogP contribution in [-0.2, 0) is 9.84 Å². The normalized spacial score (nSPS) is 11.5. The van der Waals surface area contributed by atoms with Crippen LogP contribution in [0.2, 0.25) is 0 Å². The summed E-state index contributed by atoms with van der Waals surface area (Å²) in [6.07, 6.45) is 3.33. The minimum absolute atomic E-state index is 0.190. The Labute approximate surface area is 216 Å². The molecule has 0 radical (unpaired) electrons. The number of benzene rings is 4. The second-order valence-electron chi connectivity index (χ2n) is 7.84. The van der Waals surface area contributed by atoms with Crippen molar-refractivity contribution in [3.63, 3.8) is 0 Å². The molecule has 4 rings (SSSR count). The molecular formula is C28H26N4O4S. The van der Waals surface area contributed by atoms with Crippen molar-refractivity contribution in [2.75, 3.05) is 25.1 Å². The summed E-state index contributed by atoms with van der Waals surface area (Å²) in [5.41, 5.74) is 8.93. The average Bonchev–Trinajstić information content (AvgIpc) is 2.94. The maximum Gasteiger partial charge on any atom is 0.206 e. The predicted octanol–water partition coefficient (Wildman–Crippen LogP) is 5.43. The van der Waals surface area contributed by atoms with Crippen molar-refractivity contribution >= 4 is 33.6 Å². The predicted molar refractivity (Wildman–Crippen MR) is 147 cm³/mol. The molecule has 2 N–H and O–H groups in total. The van der Waals surface area contributed by atoms with Gasteiger partial charge in [-0.05, 0) is 108 Å². The Morgan fingerprint density at radius 3 is 1.24 bits per heavy atom. The van der Waals surface area contributed by atoms with Crippen LogP contribution in [0.1, 0.15) is 11.1 Å². The zero-order valence-corrected chi connectivity index (χ0v) is 21.1. The first-order chi connectivity index (χ1) is 18.0. The number of sulfone groups is 1. The van der Waals surface area contributed by atoms with Gasteiger partial charge < -0.3 is 9.47 Å². The fourth-order valence-electron chi connectivity index (χ4n) is 3.30. The molecule has 4 aromatic rings. The van der Waals surface area contributed by atoms with Crippen LogP contribution in [0.15, 0.2) is 117 Å². The summed E-state index contributed by atoms with van der Waals surface area (Å²) in [7, 11) is -0.442. The van der Waals surface area contributed by atoms with Crippen molar-refractivity contribution in [3.05, 3.63) is 108 Å². The lowest BCUT2D eigenvalue weighted by Gasteiger charge is -2.07. The van der Waals surface area contributed by atoms with E-state index >= 15 is 0 Å². The van der Waals surface area contributed by atoms with Crippen LogP contribution < -0.4 is 20.3 Å². The molecule has 0 spiro atoms. The zero-order valence-electron chi connectivity index (χ0n) is 20.3. The van der Waals surface area contributed by atoms with Gasteiger partial charge in [-0.2, -0.15) is 10.2 Å². The molecule has 0 aliphatic rings. The van der Waals surface area contributed by atoms with Crippen LogP contribution in [-0.4, -0.2) is 35.1 Å². The lowest BCUT2D eigenvalue weighted by molar-refractivity contribution is 0.414. The molecule has 37 heavy (non-hydrogen) atoms. The number of methoxy groups -OCH3 is 2. The first-order valence-electron chi connectivity index (χ1n) is 11.3. The number of hydrogen-bond donors (Lipinski definition) is 2. The van der Waals surface area contributed by atoms with Crippen molar-refractivity contribution < 1.29 is 17.9 Å². The summed E-state index contributed by atoms with van der Waals surface area (Å²) < 4.78 is 36.3. The minimum Gasteiger partial charge on any atom is -0.497 e. The third kappa shape index (κ3) is 6.74. The highest BCUT2D eigenvalue weighted by molar-refractivity contribution is 7.91. The summed E-state index contributed by atoms with van der Waals surface area (Å²) in [5.74, 6) is 1.54. The van der Waals surface area contributed by atoms with E-state index in [4.69, 9.17) is 9.47 Å². The van der Waals surface area contributed by atoms with Crippen molar-refractivity contribution in [2.45, 2.75) is 9.79 Å². The van der Waals surface area contributed by atoms with E-state index in [-0.39, 0.29) is 9.79 Å². The Kier molecular flexibility index (Phi) is 8.17. The number of nitrogens with zero attached hydrogens (tertiary/aromatic N) is 2. The standard InChI is InChI=1S/C28H26N4O4S/c1-35-25-11-3-21(4-12-25)19-29-31-23-7-15-27(16-8-23)37(33,34)28-17-9-24(10-18-28)32-30-20-22-5-13-26(36-2)14-6-22/h3-20,31-32H,1-2H3. The second-order valence-corrected chi connectivity index (χ2v) is 9.79. The molecule has 0 amide bonds. The number of hydrazone groups is 2. The second kappa shape index (κ2) is 11.9. The topological polar surface area (TPSA) is 101 Å². The van der Waals surface area contributed by atoms with E-state index in [0.717, 1.165) is 22.6 Å². The summed E-state index contributed by atoms with van der Waals surface area (Å²) in [6, 6.07) is 27.8. The van der Waals surface area contributed by atoms with E-state index in [2.05, 4.69) is 21.1 Å². The minimum atomic E-state index is -3.67. The molecule has 8 nitrogen and oxygen atoms in total. The van der Waals surface area contributed by atoms with Gasteiger partial charge in [0.05, 0.1) is 47.8 Å². The van der Waals surface area contributed by atoms with Gasteiger partial charge in [0.25, 0.3) is 0 Å². The van der Waals surface area contributed by atoms with Gasteiger partial charge in [-0.1, -0.05) is 0 Å². The molecule has 0 aromatic heterocycles. The largest absolute Gasteiger partial charge is 0.497 e. The van der Waals surface area contributed by atoms with E-state index in [9.17, 15) is 8.42 Å². The molecule has 0 saturated heterocycles. The molecule has 0 saturated carbocycles. The molecule has 0 aliphatic carbocycles. The quantitative estimate of drug-likeness (QED) is 0.216. The number of ether oxygens (including phenoxy) is 2. The van der Waals surface area contributed by atoms with Gasteiger partial charge in [-0.25, -0.2) is 8.42 Å². The lowest BCUT2D eigenvalue weighted by atomic mass is 10.2. The maximum absolute atomic E-state index is 13.0. The van der Waals surface area contributed by atoms with E-state index < -0.39 is 9.84 Å². The first-order valence-corrected chi connectivity index (χ1v) is 12.8. The Morgan fingerprint density at radius 1 is 0.568 bits per heavy atom. The molecule has 188 valence electrons. The summed E-state index contributed by atoms with van der Waals surface area (Å²) in [4.78, 5) is 0.380. The Bertz CT molecular complexity index is 1360. The molecule has 0 aliphatic heterocycles. The highest BCUT2D eigenvalue weighted by Crippen LogP contribution is 2.24. The number of anilines is 2. The molecule has 4 aromatic carbocycles. The summed E-state index contributed by atoms with van der Waals surface area (Å²) >= 11 is 0. The van der Waals surface area contributed by atoms with Gasteiger partial charge in [0.15, 0.2) is 0 Å². The molecule has 9 heteroatoms. The smallest absolute Gasteiger partial charge is 0.206 e. The van der Waals surface area contributed by atoms with E-state index in [1.165, 1.54) is 0 Å². The van der Waals surface area contributed by atoms with Crippen LogP contribution >= 0.6 is 0 Å². The van der Waals surface area contributed by atoms with Gasteiger partial charge in [0.2, 0.25) is 9.84 Å². The van der Waals surface area contributed by atoms with Crippen molar-refractivity contribution in [1.29, 1.82) is 0 Å². The summed E-state index contributed by atoms with van der Waals surface area (Å²) in [6.45, 7) is 0. The van der Waals surface area contributed by atoms with E-state index in [0.29, 0.717) is 11.4 Å². The maximum atomic E-state index is 13.0. The van der Waals surface area contributed by atoms with Gasteiger partial charge in [-0.3, -0.25) is 10.9 Å². The fraction of sp³-hybridized carbons (Fsp3) is 0.0714. The molecule has 0 heterocycles. The number of hydrogen-bond acceptors (Lipinski definition) is 8. The van der Waals surface area contributed by atoms with Crippen molar-refractivity contribution in [1.82, 2.24) is 0 Å². The Morgan fingerprint density at radius 2 is 0.919 bits per heavy atom. The van der Waals surface area contributed by atoms with E-state index in [1.807, 2.05) is 48.5 Å². The summed E-state index contributed by atoms with van der Waals surface area (Å²) in [5, 5.41) is 8.38. The van der Waals surface area contributed by atoms with Crippen LogP contribution in [0.5, 0.6) is 11.5 Å². The Balaban J connectivity index is 1.35. The van der Waals surface area contributed by atoms with Crippen molar-refractivity contribution in [3.8, 4) is 11.5 Å². The van der Waals surface area contributed by atoms with Gasteiger partial charge in [0.1, 0.15) is 11.5 Å². The van der Waals surface area contributed by atoms with Crippen LogP contribution in [0.3, 0.4) is 0 Å². The lowest BCUT2D eigenvalue weighted by Crippen LogP contribution is -2.02. The number of nitrogens with one attached hydrogen (secondary N) is 2. The van der Waals surface area contributed by atoms with Gasteiger partial charge in [-0.15, -0.1) is 0 Å². The van der Waals surface area contributed by atoms with Gasteiger partial charge in [0, 0.05) is 0 Å². The Hall–Kier alpha value is -4.63. The van der Waals surface area contributed by atoms with Crippen LogP contribution in [0.25, 0.3) is 0 Å². The number of rotatable bonds is 10. The zero-order chi connectivity index (χ0) is 26.1. The molecular weight excluding hydrogens is 488 g/mol. The SMILES string of the molecule is COc1ccc(C=NNc2ccc(S(=O)(=O)c3ccc(NN=Cc4ccc(OC)cc4)cc3)cc2)cc1. The van der Waals surface area contributed by atoms with Crippen molar-refractivity contribution in [2.24, 2.45) is 10.2 Å². The molecule has 0 bridgehead atoms. The molecule has 0 atom stereocenters. The monoisotopic (exact) mass is 514 g/mol. The van der Waals surface area contributed by atoms with E-state index in [1.54, 1.807) is 75.2 Å². The fourth-order valence-corrected chi connectivity index (χ4v) is 4.56. The van der Waals surface area contributed by atoms with Crippen LogP contribution in [0, 0.1) is 0 Å². The first kappa shape index (κ1) is 25.5. The third-order valence-electron chi connectivity index (χ3n) is 5.38. The average molecular weight is 515 g/mol. The third-order valence-corrected chi connectivity index (χ3v) is 7.16. The molecule has 0 fully saturated rings. The highest BCUT2D eigenvalue weighted by Gasteiger charge is 2.17. The van der Waals surface area contributed by atoms with Gasteiger partial charge >= 0.3 is 0 Å². The van der Waals surface area contributed by atoms with Crippen LogP contribution in [0.4, 0.5) is 11.4 Å². The molecule has 0 unspecified atom stereocenters.